The molecule has 0 amide bonds. The predicted molar refractivity (Wildman–Crippen MR) is 76.6 cm³/mol. The molecule has 0 radical (unpaired) electrons. The molecule has 1 saturated carbocycles. The molecule has 6 heteroatoms. The van der Waals surface area contributed by atoms with Gasteiger partial charge in [-0.1, -0.05) is 30.9 Å². The molecule has 0 bridgehead atoms. The van der Waals surface area contributed by atoms with Crippen molar-refractivity contribution in [2.75, 3.05) is 6.61 Å². The minimum Gasteiger partial charge on any atom is -0.492 e. The SMILES string of the molecule is O=S(=O)(Cl)c1cc(Cl)ccc1OCC1CCCCC1. The van der Waals surface area contributed by atoms with Crippen LogP contribution in [0, 0.1) is 5.92 Å². The Bertz CT molecular complexity index is 537. The zero-order valence-corrected chi connectivity index (χ0v) is 12.8. The molecule has 106 valence electrons. The molecule has 1 fully saturated rings. The fourth-order valence-electron chi connectivity index (χ4n) is 2.35. The molecule has 1 aromatic rings. The molecule has 19 heavy (non-hydrogen) atoms. The smallest absolute Gasteiger partial charge is 0.265 e. The maximum absolute atomic E-state index is 11.5. The first-order valence-electron chi connectivity index (χ1n) is 6.34. The van der Waals surface area contributed by atoms with Crippen LogP contribution in [0.4, 0.5) is 0 Å². The maximum atomic E-state index is 11.5. The average molecular weight is 323 g/mol. The maximum Gasteiger partial charge on any atom is 0.265 e. The first-order chi connectivity index (χ1) is 8.97. The molecule has 0 aromatic heterocycles. The van der Waals surface area contributed by atoms with E-state index in [0.717, 1.165) is 12.8 Å². The molecular formula is C13H16Cl2O3S. The summed E-state index contributed by atoms with van der Waals surface area (Å²) in [6.45, 7) is 0.529. The van der Waals surface area contributed by atoms with E-state index >= 15 is 0 Å². The van der Waals surface area contributed by atoms with Crippen LogP contribution in [0.15, 0.2) is 23.1 Å². The van der Waals surface area contributed by atoms with Gasteiger partial charge in [-0.15, -0.1) is 0 Å². The molecule has 0 saturated heterocycles. The molecule has 0 heterocycles. The van der Waals surface area contributed by atoms with Crippen molar-refractivity contribution in [3.05, 3.63) is 23.2 Å². The zero-order valence-electron chi connectivity index (χ0n) is 10.4. The van der Waals surface area contributed by atoms with Gasteiger partial charge in [-0.3, -0.25) is 0 Å². The van der Waals surface area contributed by atoms with E-state index in [1.165, 1.54) is 25.3 Å². The summed E-state index contributed by atoms with van der Waals surface area (Å²) in [7, 11) is 1.54. The summed E-state index contributed by atoms with van der Waals surface area (Å²) in [6.07, 6.45) is 5.98. The highest BCUT2D eigenvalue weighted by atomic mass is 35.7. The Balaban J connectivity index is 2.11. The van der Waals surface area contributed by atoms with Gasteiger partial charge in [0.25, 0.3) is 9.05 Å². The fourth-order valence-corrected chi connectivity index (χ4v) is 3.59. The number of halogens is 2. The van der Waals surface area contributed by atoms with Crippen LogP contribution in [0.25, 0.3) is 0 Å². The number of ether oxygens (including phenoxy) is 1. The first kappa shape index (κ1) is 14.9. The monoisotopic (exact) mass is 322 g/mol. The van der Waals surface area contributed by atoms with Crippen molar-refractivity contribution in [1.29, 1.82) is 0 Å². The Morgan fingerprint density at radius 3 is 2.53 bits per heavy atom. The molecular weight excluding hydrogens is 307 g/mol. The van der Waals surface area contributed by atoms with E-state index in [2.05, 4.69) is 0 Å². The fraction of sp³-hybridized carbons (Fsp3) is 0.538. The van der Waals surface area contributed by atoms with Gasteiger partial charge in [0.2, 0.25) is 0 Å². The predicted octanol–water partition coefficient (Wildman–Crippen LogP) is 4.23. The summed E-state index contributed by atoms with van der Waals surface area (Å²) < 4.78 is 28.6. The zero-order chi connectivity index (χ0) is 13.9. The Hall–Kier alpha value is -0.450. The van der Waals surface area contributed by atoms with Gasteiger partial charge in [0.05, 0.1) is 6.61 Å². The molecule has 2 rings (SSSR count). The molecule has 0 atom stereocenters. The minimum absolute atomic E-state index is 0.0579. The van der Waals surface area contributed by atoms with Crippen LogP contribution >= 0.6 is 22.3 Å². The highest BCUT2D eigenvalue weighted by Gasteiger charge is 2.19. The summed E-state index contributed by atoms with van der Waals surface area (Å²) in [5, 5.41) is 0.323. The summed E-state index contributed by atoms with van der Waals surface area (Å²) in [5.74, 6) is 0.778. The third-order valence-electron chi connectivity index (χ3n) is 3.37. The lowest BCUT2D eigenvalue weighted by Crippen LogP contribution is -2.16. The first-order valence-corrected chi connectivity index (χ1v) is 9.02. The lowest BCUT2D eigenvalue weighted by Gasteiger charge is -2.22. The van der Waals surface area contributed by atoms with E-state index in [9.17, 15) is 8.42 Å². The van der Waals surface area contributed by atoms with Gasteiger partial charge in [0.15, 0.2) is 0 Å². The van der Waals surface area contributed by atoms with E-state index in [1.807, 2.05) is 0 Å². The third-order valence-corrected chi connectivity index (χ3v) is 4.95. The second kappa shape index (κ2) is 6.33. The van der Waals surface area contributed by atoms with Crippen molar-refractivity contribution in [3.63, 3.8) is 0 Å². The van der Waals surface area contributed by atoms with Gasteiger partial charge in [-0.05, 0) is 37.0 Å². The topological polar surface area (TPSA) is 43.4 Å². The van der Waals surface area contributed by atoms with E-state index in [0.29, 0.717) is 17.5 Å². The van der Waals surface area contributed by atoms with Crippen molar-refractivity contribution < 1.29 is 13.2 Å². The summed E-state index contributed by atoms with van der Waals surface area (Å²) in [5.41, 5.74) is 0. The second-order valence-corrected chi connectivity index (χ2v) is 7.81. The van der Waals surface area contributed by atoms with Gasteiger partial charge in [-0.25, -0.2) is 8.42 Å². The summed E-state index contributed by atoms with van der Waals surface area (Å²) in [4.78, 5) is -0.0579. The van der Waals surface area contributed by atoms with E-state index < -0.39 is 9.05 Å². The number of benzene rings is 1. The number of hydrogen-bond donors (Lipinski definition) is 0. The lowest BCUT2D eigenvalue weighted by molar-refractivity contribution is 0.205. The summed E-state index contributed by atoms with van der Waals surface area (Å²) >= 11 is 5.79. The molecule has 0 N–H and O–H groups in total. The van der Waals surface area contributed by atoms with Crippen LogP contribution in [0.3, 0.4) is 0 Å². The largest absolute Gasteiger partial charge is 0.492 e. The highest BCUT2D eigenvalue weighted by Crippen LogP contribution is 2.31. The van der Waals surface area contributed by atoms with Gasteiger partial charge in [0, 0.05) is 15.7 Å². The quantitative estimate of drug-likeness (QED) is 0.779. The Morgan fingerprint density at radius 1 is 1.21 bits per heavy atom. The molecule has 0 spiro atoms. The van der Waals surface area contributed by atoms with Crippen molar-refractivity contribution in [2.24, 2.45) is 5.92 Å². The van der Waals surface area contributed by atoms with Gasteiger partial charge in [0.1, 0.15) is 10.6 Å². The van der Waals surface area contributed by atoms with Gasteiger partial charge < -0.3 is 4.74 Å². The number of hydrogen-bond acceptors (Lipinski definition) is 3. The lowest BCUT2D eigenvalue weighted by atomic mass is 9.90. The number of rotatable bonds is 4. The van der Waals surface area contributed by atoms with E-state index in [4.69, 9.17) is 27.0 Å². The van der Waals surface area contributed by atoms with Gasteiger partial charge in [-0.2, -0.15) is 0 Å². The van der Waals surface area contributed by atoms with Crippen LogP contribution in [0.2, 0.25) is 5.02 Å². The average Bonchev–Trinajstić information content (AvgIpc) is 2.37. The molecule has 1 aliphatic carbocycles. The standard InChI is InChI=1S/C13H16Cl2O3S/c14-11-6-7-12(13(8-11)19(15,16)17)18-9-10-4-2-1-3-5-10/h6-8,10H,1-5,9H2. The van der Waals surface area contributed by atoms with Gasteiger partial charge >= 0.3 is 0 Å². The molecule has 3 nitrogen and oxygen atoms in total. The molecule has 0 aliphatic heterocycles. The third kappa shape index (κ3) is 4.26. The van der Waals surface area contributed by atoms with Crippen molar-refractivity contribution >= 4 is 31.3 Å². The van der Waals surface area contributed by atoms with Crippen LogP contribution in [0.5, 0.6) is 5.75 Å². The van der Waals surface area contributed by atoms with Crippen LogP contribution in [-0.2, 0) is 9.05 Å². The van der Waals surface area contributed by atoms with E-state index in [-0.39, 0.29) is 10.6 Å². The van der Waals surface area contributed by atoms with Crippen molar-refractivity contribution in [2.45, 2.75) is 37.0 Å². The van der Waals surface area contributed by atoms with Crippen LogP contribution in [0.1, 0.15) is 32.1 Å². The minimum atomic E-state index is -3.85. The Labute approximate surface area is 123 Å². The highest BCUT2D eigenvalue weighted by molar-refractivity contribution is 8.13. The molecule has 1 aromatic carbocycles. The van der Waals surface area contributed by atoms with E-state index in [1.54, 1.807) is 12.1 Å². The summed E-state index contributed by atoms with van der Waals surface area (Å²) in [6, 6.07) is 4.48. The molecule has 1 aliphatic rings. The van der Waals surface area contributed by atoms with Crippen LogP contribution in [-0.4, -0.2) is 15.0 Å². The van der Waals surface area contributed by atoms with Crippen LogP contribution < -0.4 is 4.74 Å². The second-order valence-electron chi connectivity index (χ2n) is 4.84. The van der Waals surface area contributed by atoms with Crippen molar-refractivity contribution in [3.8, 4) is 5.75 Å². The van der Waals surface area contributed by atoms with Crippen molar-refractivity contribution in [1.82, 2.24) is 0 Å². The Morgan fingerprint density at radius 2 is 1.89 bits per heavy atom. The molecule has 0 unspecified atom stereocenters. The Kier molecular flexibility index (Phi) is 4.98. The normalized spacial score (nSPS) is 17.4.